The zero-order valence-electron chi connectivity index (χ0n) is 21.3. The van der Waals surface area contributed by atoms with Gasteiger partial charge in [-0.25, -0.2) is 8.42 Å². The van der Waals surface area contributed by atoms with Gasteiger partial charge in [-0.1, -0.05) is 47.8 Å². The molecule has 1 N–H and O–H groups in total. The number of hydrogen-bond donors (Lipinski definition) is 1. The van der Waals surface area contributed by atoms with Gasteiger partial charge in [-0.3, -0.25) is 13.9 Å². The van der Waals surface area contributed by atoms with Gasteiger partial charge in [-0.05, 0) is 55.7 Å². The maximum atomic E-state index is 13.4. The van der Waals surface area contributed by atoms with Crippen molar-refractivity contribution in [3.63, 3.8) is 0 Å². The summed E-state index contributed by atoms with van der Waals surface area (Å²) in [5.41, 5.74) is 1.01. The van der Waals surface area contributed by atoms with Crippen LogP contribution in [0.1, 0.15) is 38.7 Å². The van der Waals surface area contributed by atoms with E-state index >= 15 is 0 Å². The number of ether oxygens (including phenoxy) is 1. The molecule has 0 fully saturated rings. The summed E-state index contributed by atoms with van der Waals surface area (Å²) in [6.45, 7) is 4.20. The SMILES string of the molecule is CCNC(=O)[C@@H](CC)N(Cc1ccc(Cl)cc1Cl)C(=O)CCCN(c1ccc(OC)c(Cl)c1)S(C)(=O)=O. The molecule has 37 heavy (non-hydrogen) atoms. The topological polar surface area (TPSA) is 96.0 Å². The first kappa shape index (κ1) is 31.0. The van der Waals surface area contributed by atoms with Crippen LogP contribution in [0.5, 0.6) is 5.75 Å². The molecule has 0 spiro atoms. The summed E-state index contributed by atoms with van der Waals surface area (Å²) in [5, 5.41) is 3.89. The second kappa shape index (κ2) is 14.1. The van der Waals surface area contributed by atoms with Crippen LogP contribution in [0.25, 0.3) is 0 Å². The fourth-order valence-electron chi connectivity index (χ4n) is 3.86. The van der Waals surface area contributed by atoms with Crippen LogP contribution in [0, 0.1) is 0 Å². The molecule has 0 bridgehead atoms. The van der Waals surface area contributed by atoms with Gasteiger partial charge in [-0.15, -0.1) is 0 Å². The maximum absolute atomic E-state index is 13.4. The number of nitrogens with zero attached hydrogens (tertiary/aromatic N) is 2. The predicted molar refractivity (Wildman–Crippen MR) is 149 cm³/mol. The number of hydrogen-bond acceptors (Lipinski definition) is 5. The van der Waals surface area contributed by atoms with E-state index in [9.17, 15) is 18.0 Å². The summed E-state index contributed by atoms with van der Waals surface area (Å²) in [7, 11) is -2.19. The van der Waals surface area contributed by atoms with Crippen molar-refractivity contribution in [2.75, 3.05) is 30.8 Å². The largest absolute Gasteiger partial charge is 0.495 e. The molecule has 0 heterocycles. The van der Waals surface area contributed by atoms with Crippen LogP contribution in [0.15, 0.2) is 36.4 Å². The van der Waals surface area contributed by atoms with Gasteiger partial charge >= 0.3 is 0 Å². The zero-order valence-corrected chi connectivity index (χ0v) is 24.3. The molecule has 12 heteroatoms. The van der Waals surface area contributed by atoms with Crippen molar-refractivity contribution < 1.29 is 22.7 Å². The molecule has 2 aromatic rings. The fraction of sp³-hybridized carbons (Fsp3) is 0.440. The van der Waals surface area contributed by atoms with E-state index in [4.69, 9.17) is 39.5 Å². The van der Waals surface area contributed by atoms with Crippen LogP contribution >= 0.6 is 34.8 Å². The first-order chi connectivity index (χ1) is 17.4. The van der Waals surface area contributed by atoms with Crippen LogP contribution in [-0.4, -0.2) is 57.6 Å². The number of carbonyl (C=O) groups excluding carboxylic acids is 2. The zero-order chi connectivity index (χ0) is 27.8. The minimum atomic E-state index is -3.66. The summed E-state index contributed by atoms with van der Waals surface area (Å²) in [5.74, 6) is -0.152. The number of anilines is 1. The van der Waals surface area contributed by atoms with Crippen molar-refractivity contribution in [3.8, 4) is 5.75 Å². The van der Waals surface area contributed by atoms with E-state index in [0.29, 0.717) is 40.0 Å². The Morgan fingerprint density at radius 2 is 1.76 bits per heavy atom. The Bertz CT molecular complexity index is 1210. The normalized spacial score (nSPS) is 12.1. The van der Waals surface area contributed by atoms with Gasteiger partial charge in [0.05, 0.1) is 24.1 Å². The number of benzene rings is 2. The van der Waals surface area contributed by atoms with Crippen molar-refractivity contribution in [3.05, 3.63) is 57.0 Å². The molecule has 2 amide bonds. The first-order valence-corrected chi connectivity index (χ1v) is 14.7. The number of likely N-dealkylation sites (N-methyl/N-ethyl adjacent to an activating group) is 1. The summed E-state index contributed by atoms with van der Waals surface area (Å²) in [6, 6.07) is 8.92. The summed E-state index contributed by atoms with van der Waals surface area (Å²) in [6.07, 6.45) is 1.70. The van der Waals surface area contributed by atoms with Crippen LogP contribution in [-0.2, 0) is 26.2 Å². The molecule has 2 rings (SSSR count). The van der Waals surface area contributed by atoms with E-state index in [0.717, 1.165) is 6.26 Å². The lowest BCUT2D eigenvalue weighted by Gasteiger charge is -2.31. The highest BCUT2D eigenvalue weighted by Crippen LogP contribution is 2.30. The molecule has 0 saturated heterocycles. The smallest absolute Gasteiger partial charge is 0.242 e. The number of rotatable bonds is 13. The molecule has 0 aliphatic heterocycles. The second-order valence-electron chi connectivity index (χ2n) is 8.33. The number of halogens is 3. The van der Waals surface area contributed by atoms with E-state index in [-0.39, 0.29) is 42.8 Å². The molecule has 0 aliphatic carbocycles. The third-order valence-corrected chi connectivity index (χ3v) is 7.74. The molecule has 0 aliphatic rings. The molecule has 0 saturated carbocycles. The Morgan fingerprint density at radius 1 is 1.05 bits per heavy atom. The molecule has 204 valence electrons. The van der Waals surface area contributed by atoms with Crippen molar-refractivity contribution in [1.29, 1.82) is 0 Å². The van der Waals surface area contributed by atoms with Gasteiger partial charge in [0.1, 0.15) is 11.8 Å². The highest BCUT2D eigenvalue weighted by molar-refractivity contribution is 7.92. The Hall–Kier alpha value is -2.20. The summed E-state index contributed by atoms with van der Waals surface area (Å²) >= 11 is 18.6. The number of nitrogens with one attached hydrogen (secondary N) is 1. The van der Waals surface area contributed by atoms with E-state index in [1.807, 2.05) is 6.92 Å². The molecule has 0 aromatic heterocycles. The molecular weight excluding hydrogens is 561 g/mol. The monoisotopic (exact) mass is 591 g/mol. The van der Waals surface area contributed by atoms with Crippen LogP contribution in [0.3, 0.4) is 0 Å². The number of methoxy groups -OCH3 is 1. The highest BCUT2D eigenvalue weighted by Gasteiger charge is 2.29. The molecule has 8 nitrogen and oxygen atoms in total. The Balaban J connectivity index is 2.25. The summed E-state index contributed by atoms with van der Waals surface area (Å²) < 4.78 is 31.3. The van der Waals surface area contributed by atoms with E-state index in [1.165, 1.54) is 22.4 Å². The highest BCUT2D eigenvalue weighted by atomic mass is 35.5. The second-order valence-corrected chi connectivity index (χ2v) is 11.5. The van der Waals surface area contributed by atoms with Crippen molar-refractivity contribution in [2.24, 2.45) is 0 Å². The van der Waals surface area contributed by atoms with Gasteiger partial charge < -0.3 is 15.0 Å². The summed E-state index contributed by atoms with van der Waals surface area (Å²) in [4.78, 5) is 27.7. The Kier molecular flexibility index (Phi) is 11.8. The lowest BCUT2D eigenvalue weighted by atomic mass is 10.1. The Morgan fingerprint density at radius 3 is 2.30 bits per heavy atom. The lowest BCUT2D eigenvalue weighted by Crippen LogP contribution is -2.49. The van der Waals surface area contributed by atoms with Crippen LogP contribution < -0.4 is 14.4 Å². The van der Waals surface area contributed by atoms with E-state index in [1.54, 1.807) is 37.3 Å². The third-order valence-electron chi connectivity index (χ3n) is 5.67. The van der Waals surface area contributed by atoms with Gasteiger partial charge in [0, 0.05) is 36.1 Å². The van der Waals surface area contributed by atoms with Gasteiger partial charge in [0.2, 0.25) is 21.8 Å². The minimum Gasteiger partial charge on any atom is -0.495 e. The van der Waals surface area contributed by atoms with Crippen molar-refractivity contribution >= 4 is 62.3 Å². The van der Waals surface area contributed by atoms with E-state index < -0.39 is 16.1 Å². The van der Waals surface area contributed by atoms with Gasteiger partial charge in [-0.2, -0.15) is 0 Å². The lowest BCUT2D eigenvalue weighted by molar-refractivity contribution is -0.141. The third kappa shape index (κ3) is 8.67. The maximum Gasteiger partial charge on any atom is 0.242 e. The van der Waals surface area contributed by atoms with Gasteiger partial charge in [0.25, 0.3) is 0 Å². The standard InChI is InChI=1S/C25H32Cl3N3O5S/c1-5-22(25(33)29-6-2)30(16-17-9-10-18(26)14-20(17)27)24(32)8-7-13-31(37(4,34)35)19-11-12-23(36-3)21(28)15-19/h9-12,14-15,22H,5-8,13,16H2,1-4H3,(H,29,33)/t22-/m1/s1. The predicted octanol–water partition coefficient (Wildman–Crippen LogP) is 5.15. The van der Waals surface area contributed by atoms with Crippen LogP contribution in [0.4, 0.5) is 5.69 Å². The average Bonchev–Trinajstić information content (AvgIpc) is 2.82. The number of sulfonamides is 1. The molecular formula is C25H32Cl3N3O5S. The Labute approximate surface area is 233 Å². The molecule has 0 radical (unpaired) electrons. The molecule has 2 aromatic carbocycles. The minimum absolute atomic E-state index is 0.0109. The molecule has 0 unspecified atom stereocenters. The van der Waals surface area contributed by atoms with E-state index in [2.05, 4.69) is 5.32 Å². The first-order valence-electron chi connectivity index (χ1n) is 11.7. The molecule has 1 atom stereocenters. The van der Waals surface area contributed by atoms with Crippen molar-refractivity contribution in [2.45, 2.75) is 45.7 Å². The van der Waals surface area contributed by atoms with Gasteiger partial charge in [0.15, 0.2) is 0 Å². The number of amides is 2. The van der Waals surface area contributed by atoms with Crippen LogP contribution in [0.2, 0.25) is 15.1 Å². The number of carbonyl (C=O) groups is 2. The average molecular weight is 593 g/mol. The quantitative estimate of drug-likeness (QED) is 0.347. The van der Waals surface area contributed by atoms with Crippen molar-refractivity contribution in [1.82, 2.24) is 10.2 Å². The fourth-order valence-corrected chi connectivity index (χ4v) is 5.54.